The molecule has 3 N–H and O–H groups in total. The molecule has 2 aromatic carbocycles. The third-order valence-corrected chi connectivity index (χ3v) is 2.80. The maximum Gasteiger partial charge on any atom is 0.255 e. The van der Waals surface area contributed by atoms with E-state index < -0.39 is 11.7 Å². The minimum atomic E-state index is -0.486. The van der Waals surface area contributed by atoms with Crippen molar-refractivity contribution in [3.05, 3.63) is 53.3 Å². The zero-order valence-electron chi connectivity index (χ0n) is 11.2. The Bertz CT molecular complexity index is 656. The lowest BCUT2D eigenvalue weighted by molar-refractivity contribution is 0.102. The molecule has 0 aromatic heterocycles. The molecule has 0 heterocycles. The molecule has 4 nitrogen and oxygen atoms in total. The predicted molar refractivity (Wildman–Crippen MR) is 76.5 cm³/mol. The van der Waals surface area contributed by atoms with Crippen molar-refractivity contribution in [3.63, 3.8) is 0 Å². The first-order valence-electron chi connectivity index (χ1n) is 6.01. The van der Waals surface area contributed by atoms with Crippen molar-refractivity contribution in [1.82, 2.24) is 0 Å². The monoisotopic (exact) mass is 274 g/mol. The first kappa shape index (κ1) is 13.9. The Morgan fingerprint density at radius 3 is 2.70 bits per heavy atom. The van der Waals surface area contributed by atoms with Crippen LogP contribution in [0.15, 0.2) is 36.4 Å². The van der Waals surface area contributed by atoms with Gasteiger partial charge in [0.2, 0.25) is 0 Å². The van der Waals surface area contributed by atoms with E-state index in [1.54, 1.807) is 24.3 Å². The fraction of sp³-hybridized carbons (Fsp3) is 0.133. The summed E-state index contributed by atoms with van der Waals surface area (Å²) in [5, 5.41) is 2.52. The van der Waals surface area contributed by atoms with Crippen molar-refractivity contribution in [2.24, 2.45) is 0 Å². The predicted octanol–water partition coefficient (Wildman–Crippen LogP) is 2.98. The Morgan fingerprint density at radius 1 is 1.25 bits per heavy atom. The minimum Gasteiger partial charge on any atom is -0.497 e. The van der Waals surface area contributed by atoms with Crippen LogP contribution < -0.4 is 15.8 Å². The number of aryl methyl sites for hydroxylation is 1. The van der Waals surface area contributed by atoms with Gasteiger partial charge >= 0.3 is 0 Å². The summed E-state index contributed by atoms with van der Waals surface area (Å²) < 4.78 is 18.7. The van der Waals surface area contributed by atoms with Gasteiger partial charge in [-0.25, -0.2) is 4.39 Å². The summed E-state index contributed by atoms with van der Waals surface area (Å²) in [7, 11) is 1.48. The summed E-state index contributed by atoms with van der Waals surface area (Å²) in [6, 6.07) is 9.16. The van der Waals surface area contributed by atoms with Gasteiger partial charge in [0.1, 0.15) is 11.6 Å². The number of benzene rings is 2. The number of anilines is 2. The number of ether oxygens (including phenoxy) is 1. The highest BCUT2D eigenvalue weighted by atomic mass is 19.1. The Morgan fingerprint density at radius 2 is 2.00 bits per heavy atom. The number of nitrogens with two attached hydrogens (primary N) is 1. The Hall–Kier alpha value is -2.56. The normalized spacial score (nSPS) is 10.2. The van der Waals surface area contributed by atoms with E-state index in [0.29, 0.717) is 17.0 Å². The first-order valence-corrected chi connectivity index (χ1v) is 6.01. The SMILES string of the molecule is COc1cc(N)cc(C(=O)Nc2cc(C)ccc2F)c1. The van der Waals surface area contributed by atoms with Crippen molar-refractivity contribution >= 4 is 17.3 Å². The van der Waals surface area contributed by atoms with Gasteiger partial charge in [-0.1, -0.05) is 6.07 Å². The summed E-state index contributed by atoms with van der Waals surface area (Å²) >= 11 is 0. The first-order chi connectivity index (χ1) is 9.49. The lowest BCUT2D eigenvalue weighted by Gasteiger charge is -2.09. The summed E-state index contributed by atoms with van der Waals surface area (Å²) in [5.41, 5.74) is 7.39. The van der Waals surface area contributed by atoms with Crippen LogP contribution in [-0.2, 0) is 0 Å². The molecule has 20 heavy (non-hydrogen) atoms. The average Bonchev–Trinajstić information content (AvgIpc) is 2.42. The standard InChI is InChI=1S/C15H15FN2O2/c1-9-3-4-13(16)14(5-9)18-15(19)10-6-11(17)8-12(7-10)20-2/h3-8H,17H2,1-2H3,(H,18,19). The molecule has 5 heteroatoms. The van der Waals surface area contributed by atoms with Crippen molar-refractivity contribution in [1.29, 1.82) is 0 Å². The van der Waals surface area contributed by atoms with E-state index in [-0.39, 0.29) is 5.69 Å². The molecule has 0 bridgehead atoms. The van der Waals surface area contributed by atoms with E-state index >= 15 is 0 Å². The van der Waals surface area contributed by atoms with Crippen LogP contribution in [0, 0.1) is 12.7 Å². The highest BCUT2D eigenvalue weighted by Crippen LogP contribution is 2.21. The third kappa shape index (κ3) is 3.06. The van der Waals surface area contributed by atoms with E-state index in [4.69, 9.17) is 10.5 Å². The number of carbonyl (C=O) groups excluding carboxylic acids is 1. The molecular weight excluding hydrogens is 259 g/mol. The molecule has 0 saturated heterocycles. The average molecular weight is 274 g/mol. The molecule has 2 rings (SSSR count). The molecule has 0 unspecified atom stereocenters. The fourth-order valence-corrected chi connectivity index (χ4v) is 1.80. The van der Waals surface area contributed by atoms with E-state index in [2.05, 4.69) is 5.32 Å². The molecule has 0 radical (unpaired) electrons. The fourth-order valence-electron chi connectivity index (χ4n) is 1.80. The van der Waals surface area contributed by atoms with E-state index in [9.17, 15) is 9.18 Å². The second-order valence-corrected chi connectivity index (χ2v) is 4.43. The van der Waals surface area contributed by atoms with Gasteiger partial charge in [0, 0.05) is 17.3 Å². The van der Waals surface area contributed by atoms with Gasteiger partial charge in [-0.15, -0.1) is 0 Å². The van der Waals surface area contributed by atoms with Crippen LogP contribution in [0.1, 0.15) is 15.9 Å². The highest BCUT2D eigenvalue weighted by molar-refractivity contribution is 6.05. The maximum atomic E-state index is 13.6. The number of hydrogen-bond donors (Lipinski definition) is 2. The number of nitrogens with one attached hydrogen (secondary N) is 1. The van der Waals surface area contributed by atoms with E-state index in [1.807, 2.05) is 6.92 Å². The van der Waals surface area contributed by atoms with Gasteiger partial charge in [-0.2, -0.15) is 0 Å². The van der Waals surface area contributed by atoms with Crippen molar-refractivity contribution < 1.29 is 13.9 Å². The Labute approximate surface area is 116 Å². The molecule has 0 aliphatic rings. The van der Waals surface area contributed by atoms with Gasteiger partial charge in [-0.05, 0) is 36.8 Å². The molecule has 0 atom stereocenters. The third-order valence-electron chi connectivity index (χ3n) is 2.80. The van der Waals surface area contributed by atoms with Gasteiger partial charge in [0.15, 0.2) is 0 Å². The molecule has 104 valence electrons. The Balaban J connectivity index is 2.28. The maximum absolute atomic E-state index is 13.6. The van der Waals surface area contributed by atoms with Crippen molar-refractivity contribution in [2.75, 3.05) is 18.2 Å². The van der Waals surface area contributed by atoms with Crippen LogP contribution >= 0.6 is 0 Å². The van der Waals surface area contributed by atoms with E-state index in [0.717, 1.165) is 5.56 Å². The smallest absolute Gasteiger partial charge is 0.255 e. The van der Waals surface area contributed by atoms with Crippen LogP contribution in [0.25, 0.3) is 0 Å². The van der Waals surface area contributed by atoms with Crippen LogP contribution in [0.2, 0.25) is 0 Å². The lowest BCUT2D eigenvalue weighted by Crippen LogP contribution is -2.13. The molecule has 0 aliphatic heterocycles. The number of carbonyl (C=O) groups is 1. The number of rotatable bonds is 3. The molecule has 0 spiro atoms. The zero-order valence-corrected chi connectivity index (χ0v) is 11.2. The number of hydrogen-bond acceptors (Lipinski definition) is 3. The number of nitrogen functional groups attached to an aromatic ring is 1. The summed E-state index contributed by atoms with van der Waals surface area (Å²) in [6.45, 7) is 1.82. The van der Waals surface area contributed by atoms with Gasteiger partial charge in [0.25, 0.3) is 5.91 Å². The molecule has 2 aromatic rings. The molecule has 1 amide bonds. The van der Waals surface area contributed by atoms with Gasteiger partial charge < -0.3 is 15.8 Å². The highest BCUT2D eigenvalue weighted by Gasteiger charge is 2.11. The van der Waals surface area contributed by atoms with E-state index in [1.165, 1.54) is 19.2 Å². The second-order valence-electron chi connectivity index (χ2n) is 4.43. The number of halogens is 1. The van der Waals surface area contributed by atoms with Crippen molar-refractivity contribution in [2.45, 2.75) is 6.92 Å². The van der Waals surface area contributed by atoms with Crippen LogP contribution in [-0.4, -0.2) is 13.0 Å². The van der Waals surface area contributed by atoms with Crippen LogP contribution in [0.3, 0.4) is 0 Å². The summed E-state index contributed by atoms with van der Waals surface area (Å²) in [4.78, 5) is 12.1. The largest absolute Gasteiger partial charge is 0.497 e. The summed E-state index contributed by atoms with van der Waals surface area (Å²) in [5.74, 6) is -0.459. The molecule has 0 fully saturated rings. The van der Waals surface area contributed by atoms with Crippen LogP contribution in [0.4, 0.5) is 15.8 Å². The number of methoxy groups -OCH3 is 1. The number of amides is 1. The van der Waals surface area contributed by atoms with Gasteiger partial charge in [-0.3, -0.25) is 4.79 Å². The Kier molecular flexibility index (Phi) is 3.89. The molecular formula is C15H15FN2O2. The van der Waals surface area contributed by atoms with Crippen LogP contribution in [0.5, 0.6) is 5.75 Å². The van der Waals surface area contributed by atoms with Gasteiger partial charge in [0.05, 0.1) is 12.8 Å². The topological polar surface area (TPSA) is 64.3 Å². The molecule has 0 aliphatic carbocycles. The zero-order chi connectivity index (χ0) is 14.7. The molecule has 0 saturated carbocycles. The minimum absolute atomic E-state index is 0.136. The lowest BCUT2D eigenvalue weighted by atomic mass is 10.1. The summed E-state index contributed by atoms with van der Waals surface area (Å²) in [6.07, 6.45) is 0. The van der Waals surface area contributed by atoms with Crippen molar-refractivity contribution in [3.8, 4) is 5.75 Å². The second kappa shape index (κ2) is 5.61. The quantitative estimate of drug-likeness (QED) is 0.846.